The third-order valence-corrected chi connectivity index (χ3v) is 5.19. The first-order valence-corrected chi connectivity index (χ1v) is 9.71. The van der Waals surface area contributed by atoms with Crippen molar-refractivity contribution >= 4 is 0 Å². The fraction of sp³-hybridized carbons (Fsp3) is 0.280. The van der Waals surface area contributed by atoms with Gasteiger partial charge in [-0.05, 0) is 29.0 Å². The number of hydrogen-bond donors (Lipinski definition) is 0. The molecule has 1 heterocycles. The highest BCUT2D eigenvalue weighted by Gasteiger charge is 2.38. The lowest BCUT2D eigenvalue weighted by molar-refractivity contribution is -0.00758. The number of benzene rings is 3. The molecule has 0 N–H and O–H groups in total. The summed E-state index contributed by atoms with van der Waals surface area (Å²) in [5, 5.41) is 0. The van der Waals surface area contributed by atoms with Gasteiger partial charge in [-0.15, -0.1) is 0 Å². The van der Waals surface area contributed by atoms with Crippen LogP contribution < -0.4 is 0 Å². The van der Waals surface area contributed by atoms with Crippen LogP contribution >= 0.6 is 0 Å². The summed E-state index contributed by atoms with van der Waals surface area (Å²) < 4.78 is 12.2. The summed E-state index contributed by atoms with van der Waals surface area (Å²) in [6.45, 7) is 3.82. The summed E-state index contributed by atoms with van der Waals surface area (Å²) in [7, 11) is 0. The Morgan fingerprint density at radius 1 is 0.815 bits per heavy atom. The van der Waals surface area contributed by atoms with E-state index < -0.39 is 5.60 Å². The van der Waals surface area contributed by atoms with Gasteiger partial charge in [-0.3, -0.25) is 0 Å². The van der Waals surface area contributed by atoms with Crippen LogP contribution in [0.25, 0.3) is 0 Å². The first-order chi connectivity index (χ1) is 13.3. The van der Waals surface area contributed by atoms with E-state index in [1.807, 2.05) is 0 Å². The van der Waals surface area contributed by atoms with Crippen LogP contribution in [0.3, 0.4) is 0 Å². The monoisotopic (exact) mass is 358 g/mol. The molecule has 0 radical (unpaired) electrons. The highest BCUT2D eigenvalue weighted by atomic mass is 16.6. The van der Waals surface area contributed by atoms with Crippen molar-refractivity contribution in [3.8, 4) is 0 Å². The Labute approximate surface area is 161 Å². The predicted octanol–water partition coefficient (Wildman–Crippen LogP) is 5.42. The molecule has 0 bridgehead atoms. The Hall–Kier alpha value is -2.42. The van der Waals surface area contributed by atoms with Crippen LogP contribution in [0.2, 0.25) is 0 Å². The molecule has 2 nitrogen and oxygen atoms in total. The zero-order valence-corrected chi connectivity index (χ0v) is 15.8. The minimum atomic E-state index is -0.623. The van der Waals surface area contributed by atoms with Crippen molar-refractivity contribution in [1.82, 2.24) is 0 Å². The molecule has 1 saturated heterocycles. The fourth-order valence-electron chi connectivity index (χ4n) is 3.76. The molecule has 0 amide bonds. The van der Waals surface area contributed by atoms with Crippen molar-refractivity contribution in [2.24, 2.45) is 5.92 Å². The molecule has 2 atom stereocenters. The van der Waals surface area contributed by atoms with Gasteiger partial charge >= 0.3 is 0 Å². The number of ether oxygens (including phenoxy) is 2. The summed E-state index contributed by atoms with van der Waals surface area (Å²) in [5.74, 6) is 0.438. The second kappa shape index (κ2) is 8.08. The molecule has 1 fully saturated rings. The highest BCUT2D eigenvalue weighted by molar-refractivity contribution is 5.47. The second-order valence-electron chi connectivity index (χ2n) is 7.39. The second-order valence-corrected chi connectivity index (χ2v) is 7.39. The summed E-state index contributed by atoms with van der Waals surface area (Å²) >= 11 is 0. The number of hydrogen-bond acceptors (Lipinski definition) is 2. The molecule has 0 saturated carbocycles. The van der Waals surface area contributed by atoms with Gasteiger partial charge in [-0.1, -0.05) is 97.9 Å². The lowest BCUT2D eigenvalue weighted by Gasteiger charge is -2.36. The molecule has 0 aliphatic carbocycles. The standard InChI is InChI=1S/C25H26O2/c1-20(17-24-19-26-24)18-27-25(21-11-5-2-6-12-21,22-13-7-3-8-14-22)23-15-9-4-10-16-23/h2-16,20,24H,17-19H2,1H3/t20-,24-/m1/s1. The van der Waals surface area contributed by atoms with Gasteiger partial charge in [0, 0.05) is 0 Å². The third kappa shape index (κ3) is 3.97. The first kappa shape index (κ1) is 18.0. The molecular weight excluding hydrogens is 332 g/mol. The van der Waals surface area contributed by atoms with Crippen molar-refractivity contribution in [3.05, 3.63) is 108 Å². The number of rotatable bonds is 8. The van der Waals surface area contributed by atoms with Gasteiger partial charge in [0.05, 0.1) is 19.3 Å². The maximum Gasteiger partial charge on any atom is 0.143 e. The maximum absolute atomic E-state index is 6.82. The van der Waals surface area contributed by atoms with Gasteiger partial charge in [0.15, 0.2) is 0 Å². The Balaban J connectivity index is 1.78. The van der Waals surface area contributed by atoms with Crippen molar-refractivity contribution in [2.45, 2.75) is 25.0 Å². The highest BCUT2D eigenvalue weighted by Crippen LogP contribution is 2.41. The lowest BCUT2D eigenvalue weighted by Crippen LogP contribution is -2.34. The largest absolute Gasteiger partial charge is 0.373 e. The first-order valence-electron chi connectivity index (χ1n) is 9.71. The minimum absolute atomic E-state index is 0.420. The van der Waals surface area contributed by atoms with Crippen molar-refractivity contribution in [2.75, 3.05) is 13.2 Å². The summed E-state index contributed by atoms with van der Waals surface area (Å²) in [6.07, 6.45) is 1.47. The summed E-state index contributed by atoms with van der Waals surface area (Å²) in [6, 6.07) is 31.6. The van der Waals surface area contributed by atoms with Crippen molar-refractivity contribution in [1.29, 1.82) is 0 Å². The topological polar surface area (TPSA) is 21.8 Å². The molecule has 3 aromatic carbocycles. The van der Waals surface area contributed by atoms with Gasteiger partial charge in [0.2, 0.25) is 0 Å². The molecule has 1 aliphatic rings. The van der Waals surface area contributed by atoms with E-state index in [-0.39, 0.29) is 0 Å². The van der Waals surface area contributed by atoms with Gasteiger partial charge in [-0.2, -0.15) is 0 Å². The third-order valence-electron chi connectivity index (χ3n) is 5.19. The van der Waals surface area contributed by atoms with E-state index in [1.54, 1.807) is 0 Å². The molecule has 1 aliphatic heterocycles. The van der Waals surface area contributed by atoms with Crippen LogP contribution in [-0.4, -0.2) is 19.3 Å². The van der Waals surface area contributed by atoms with Crippen LogP contribution in [0.15, 0.2) is 91.0 Å². The molecule has 0 spiro atoms. The fourth-order valence-corrected chi connectivity index (χ4v) is 3.76. The van der Waals surface area contributed by atoms with Gasteiger partial charge < -0.3 is 9.47 Å². The average Bonchev–Trinajstić information content (AvgIpc) is 3.55. The Morgan fingerprint density at radius 3 is 1.59 bits per heavy atom. The molecule has 3 aromatic rings. The average molecular weight is 358 g/mol. The van der Waals surface area contributed by atoms with Gasteiger partial charge in [0.25, 0.3) is 0 Å². The van der Waals surface area contributed by atoms with Crippen molar-refractivity contribution in [3.63, 3.8) is 0 Å². The molecule has 0 aromatic heterocycles. The van der Waals surface area contributed by atoms with Gasteiger partial charge in [0.1, 0.15) is 5.60 Å². The smallest absolute Gasteiger partial charge is 0.143 e. The van der Waals surface area contributed by atoms with E-state index in [2.05, 4.69) is 97.9 Å². The van der Waals surface area contributed by atoms with E-state index in [4.69, 9.17) is 9.47 Å². The quantitative estimate of drug-likeness (QED) is 0.396. The van der Waals surface area contributed by atoms with Crippen molar-refractivity contribution < 1.29 is 9.47 Å². The zero-order valence-electron chi connectivity index (χ0n) is 15.8. The number of epoxide rings is 1. The summed E-state index contributed by atoms with van der Waals surface area (Å²) in [4.78, 5) is 0. The van der Waals surface area contributed by atoms with Crippen LogP contribution in [0.1, 0.15) is 30.0 Å². The van der Waals surface area contributed by atoms with E-state index in [9.17, 15) is 0 Å². The molecule has 27 heavy (non-hydrogen) atoms. The van der Waals surface area contributed by atoms with E-state index >= 15 is 0 Å². The maximum atomic E-state index is 6.82. The van der Waals surface area contributed by atoms with E-state index in [0.717, 1.165) is 29.7 Å². The lowest BCUT2D eigenvalue weighted by atomic mass is 9.80. The molecule has 0 unspecified atom stereocenters. The molecule has 138 valence electrons. The van der Waals surface area contributed by atoms with Gasteiger partial charge in [-0.25, -0.2) is 0 Å². The van der Waals surface area contributed by atoms with Crippen LogP contribution in [0.5, 0.6) is 0 Å². The molecule has 4 rings (SSSR count). The minimum Gasteiger partial charge on any atom is -0.373 e. The Bertz CT molecular complexity index is 729. The normalized spacial score (nSPS) is 17.4. The Kier molecular flexibility index (Phi) is 5.38. The van der Waals surface area contributed by atoms with Crippen LogP contribution in [-0.2, 0) is 15.1 Å². The molecular formula is C25H26O2. The zero-order chi connectivity index (χ0) is 18.5. The van der Waals surface area contributed by atoms with Crippen LogP contribution in [0, 0.1) is 5.92 Å². The Morgan fingerprint density at radius 2 is 1.22 bits per heavy atom. The summed E-state index contributed by atoms with van der Waals surface area (Å²) in [5.41, 5.74) is 2.83. The van der Waals surface area contributed by atoms with Crippen LogP contribution in [0.4, 0.5) is 0 Å². The SMILES string of the molecule is C[C@@H](COC(c1ccccc1)(c1ccccc1)c1ccccc1)C[C@@H]1CO1. The molecule has 2 heteroatoms. The van der Waals surface area contributed by atoms with E-state index in [1.165, 1.54) is 0 Å². The predicted molar refractivity (Wildman–Crippen MR) is 109 cm³/mol. The van der Waals surface area contributed by atoms with E-state index in [0.29, 0.717) is 18.6 Å².